The summed E-state index contributed by atoms with van der Waals surface area (Å²) in [7, 11) is 4.04. The number of rotatable bonds is 8. The van der Waals surface area contributed by atoms with E-state index in [-0.39, 0.29) is 5.54 Å². The maximum absolute atomic E-state index is 4.24. The van der Waals surface area contributed by atoms with Crippen molar-refractivity contribution in [1.29, 1.82) is 0 Å². The van der Waals surface area contributed by atoms with E-state index in [1.54, 1.807) is 0 Å². The van der Waals surface area contributed by atoms with Gasteiger partial charge < -0.3 is 5.32 Å². The van der Waals surface area contributed by atoms with Crippen molar-refractivity contribution >= 4 is 0 Å². The number of aromatic nitrogens is 2. The minimum atomic E-state index is 0.167. The summed E-state index contributed by atoms with van der Waals surface area (Å²) in [6.07, 6.45) is 6.28. The molecule has 0 saturated carbocycles. The van der Waals surface area contributed by atoms with E-state index in [1.165, 1.54) is 5.56 Å². The number of nitrogens with zero attached hydrogens (tertiary/aromatic N) is 3. The minimum absolute atomic E-state index is 0.167. The van der Waals surface area contributed by atoms with Crippen molar-refractivity contribution in [2.45, 2.75) is 52.1 Å². The first-order chi connectivity index (χ1) is 8.95. The van der Waals surface area contributed by atoms with Gasteiger partial charge in [-0.05, 0) is 52.4 Å². The van der Waals surface area contributed by atoms with E-state index in [0.717, 1.165) is 25.9 Å². The molecule has 0 aliphatic heterocycles. The fourth-order valence-corrected chi connectivity index (χ4v) is 3.02. The number of aryl methyl sites for hydroxylation is 2. The van der Waals surface area contributed by atoms with Gasteiger partial charge in [0.25, 0.3) is 0 Å². The van der Waals surface area contributed by atoms with Gasteiger partial charge in [-0.15, -0.1) is 0 Å². The smallest absolute Gasteiger partial charge is 0.0521 e. The molecule has 4 nitrogen and oxygen atoms in total. The molecule has 1 unspecified atom stereocenters. The molecule has 0 aliphatic carbocycles. The SMILES string of the molecule is CCN(CC)C(C)(C)C(CCc1cnn(C)c1)NC. The Hall–Kier alpha value is -0.870. The second kappa shape index (κ2) is 7.06. The average Bonchev–Trinajstić information content (AvgIpc) is 2.76. The highest BCUT2D eigenvalue weighted by molar-refractivity contribution is 5.05. The van der Waals surface area contributed by atoms with E-state index in [9.17, 15) is 0 Å². The van der Waals surface area contributed by atoms with Gasteiger partial charge in [-0.3, -0.25) is 9.58 Å². The molecule has 0 fully saturated rings. The highest BCUT2D eigenvalue weighted by atomic mass is 15.2. The summed E-state index contributed by atoms with van der Waals surface area (Å²) in [5.74, 6) is 0. The van der Waals surface area contributed by atoms with Crippen LogP contribution in [0.4, 0.5) is 0 Å². The first kappa shape index (κ1) is 16.2. The van der Waals surface area contributed by atoms with Crippen LogP contribution in [0.25, 0.3) is 0 Å². The maximum Gasteiger partial charge on any atom is 0.0521 e. The molecule has 110 valence electrons. The molecule has 1 aromatic rings. The van der Waals surface area contributed by atoms with Crippen LogP contribution in [0.15, 0.2) is 12.4 Å². The van der Waals surface area contributed by atoms with Gasteiger partial charge in [-0.1, -0.05) is 13.8 Å². The topological polar surface area (TPSA) is 33.1 Å². The summed E-state index contributed by atoms with van der Waals surface area (Å²) >= 11 is 0. The second-order valence-electron chi connectivity index (χ2n) is 5.73. The molecule has 0 aromatic carbocycles. The van der Waals surface area contributed by atoms with Gasteiger partial charge in [0.2, 0.25) is 0 Å². The highest BCUT2D eigenvalue weighted by Gasteiger charge is 2.32. The van der Waals surface area contributed by atoms with E-state index in [4.69, 9.17) is 0 Å². The van der Waals surface area contributed by atoms with E-state index >= 15 is 0 Å². The van der Waals surface area contributed by atoms with E-state index in [1.807, 2.05) is 17.9 Å². The fraction of sp³-hybridized carbons (Fsp3) is 0.800. The van der Waals surface area contributed by atoms with Crippen LogP contribution in [0.3, 0.4) is 0 Å². The first-order valence-corrected chi connectivity index (χ1v) is 7.35. The van der Waals surface area contributed by atoms with Gasteiger partial charge in [-0.2, -0.15) is 5.10 Å². The molecule has 0 spiro atoms. The molecule has 4 heteroatoms. The summed E-state index contributed by atoms with van der Waals surface area (Å²) in [5.41, 5.74) is 1.48. The Labute approximate surface area is 118 Å². The van der Waals surface area contributed by atoms with Crippen molar-refractivity contribution in [2.24, 2.45) is 7.05 Å². The van der Waals surface area contributed by atoms with Gasteiger partial charge >= 0.3 is 0 Å². The van der Waals surface area contributed by atoms with Crippen molar-refractivity contribution in [3.05, 3.63) is 18.0 Å². The molecule has 0 amide bonds. The van der Waals surface area contributed by atoms with Crippen molar-refractivity contribution < 1.29 is 0 Å². The Kier molecular flexibility index (Phi) is 6.01. The maximum atomic E-state index is 4.24. The van der Waals surface area contributed by atoms with Crippen molar-refractivity contribution in [3.8, 4) is 0 Å². The Morgan fingerprint density at radius 2 is 2.00 bits per heavy atom. The van der Waals surface area contributed by atoms with Gasteiger partial charge in [0.15, 0.2) is 0 Å². The molecular weight excluding hydrogens is 236 g/mol. The summed E-state index contributed by atoms with van der Waals surface area (Å²) in [6.45, 7) is 11.3. The van der Waals surface area contributed by atoms with Crippen LogP contribution in [-0.4, -0.2) is 46.4 Å². The summed E-state index contributed by atoms with van der Waals surface area (Å²) < 4.78 is 1.87. The standard InChI is InChI=1S/C15H30N4/c1-7-19(8-2)15(3,4)14(16-5)10-9-13-11-17-18(6)12-13/h11-12,14,16H,7-10H2,1-6H3. The van der Waals surface area contributed by atoms with E-state index in [0.29, 0.717) is 6.04 Å². The van der Waals surface area contributed by atoms with Crippen LogP contribution in [0, 0.1) is 0 Å². The summed E-state index contributed by atoms with van der Waals surface area (Å²) in [5, 5.41) is 7.74. The van der Waals surface area contributed by atoms with E-state index in [2.05, 4.69) is 56.3 Å². The molecule has 19 heavy (non-hydrogen) atoms. The van der Waals surface area contributed by atoms with Crippen LogP contribution >= 0.6 is 0 Å². The van der Waals surface area contributed by atoms with Gasteiger partial charge in [0, 0.05) is 24.8 Å². The molecule has 1 rings (SSSR count). The normalized spacial score (nSPS) is 14.1. The second-order valence-corrected chi connectivity index (χ2v) is 5.73. The van der Waals surface area contributed by atoms with Crippen LogP contribution in [0.2, 0.25) is 0 Å². The Bertz CT molecular complexity index is 366. The third kappa shape index (κ3) is 4.05. The van der Waals surface area contributed by atoms with Gasteiger partial charge in [-0.25, -0.2) is 0 Å². The predicted octanol–water partition coefficient (Wildman–Crippen LogP) is 2.06. The Balaban J connectivity index is 2.66. The van der Waals surface area contributed by atoms with Gasteiger partial charge in [0.05, 0.1) is 6.20 Å². The lowest BCUT2D eigenvalue weighted by atomic mass is 9.88. The van der Waals surface area contributed by atoms with Crippen LogP contribution in [-0.2, 0) is 13.5 Å². The fourth-order valence-electron chi connectivity index (χ4n) is 3.02. The predicted molar refractivity (Wildman–Crippen MR) is 81.4 cm³/mol. The third-order valence-electron chi connectivity index (χ3n) is 4.26. The average molecular weight is 266 g/mol. The monoisotopic (exact) mass is 266 g/mol. The molecular formula is C15H30N4. The number of nitrogens with one attached hydrogen (secondary N) is 1. The Morgan fingerprint density at radius 1 is 1.37 bits per heavy atom. The molecule has 0 saturated heterocycles. The molecule has 1 aromatic heterocycles. The van der Waals surface area contributed by atoms with Crippen molar-refractivity contribution in [1.82, 2.24) is 20.0 Å². The zero-order chi connectivity index (χ0) is 14.5. The zero-order valence-corrected chi connectivity index (χ0v) is 13.4. The van der Waals surface area contributed by atoms with E-state index < -0.39 is 0 Å². The lowest BCUT2D eigenvalue weighted by Crippen LogP contribution is -2.57. The lowest BCUT2D eigenvalue weighted by Gasteiger charge is -2.43. The summed E-state index contributed by atoms with van der Waals surface area (Å²) in [4.78, 5) is 2.53. The highest BCUT2D eigenvalue weighted by Crippen LogP contribution is 2.22. The molecule has 1 N–H and O–H groups in total. The summed E-state index contributed by atoms with van der Waals surface area (Å²) in [6, 6.07) is 0.479. The molecule has 1 heterocycles. The largest absolute Gasteiger partial charge is 0.315 e. The molecule has 0 bridgehead atoms. The zero-order valence-electron chi connectivity index (χ0n) is 13.4. The first-order valence-electron chi connectivity index (χ1n) is 7.35. The molecule has 0 radical (unpaired) electrons. The van der Waals surface area contributed by atoms with Crippen molar-refractivity contribution in [2.75, 3.05) is 20.1 Å². The number of likely N-dealkylation sites (N-methyl/N-ethyl adjacent to an activating group) is 2. The molecule has 1 atom stereocenters. The third-order valence-corrected chi connectivity index (χ3v) is 4.26. The van der Waals surface area contributed by atoms with Crippen LogP contribution < -0.4 is 5.32 Å². The number of hydrogen-bond donors (Lipinski definition) is 1. The van der Waals surface area contributed by atoms with Crippen molar-refractivity contribution in [3.63, 3.8) is 0 Å². The quantitative estimate of drug-likeness (QED) is 0.782. The Morgan fingerprint density at radius 3 is 2.42 bits per heavy atom. The minimum Gasteiger partial charge on any atom is -0.315 e. The van der Waals surface area contributed by atoms with Crippen LogP contribution in [0.1, 0.15) is 39.7 Å². The van der Waals surface area contributed by atoms with Gasteiger partial charge in [0.1, 0.15) is 0 Å². The molecule has 0 aliphatic rings. The number of hydrogen-bond acceptors (Lipinski definition) is 3. The lowest BCUT2D eigenvalue weighted by molar-refractivity contribution is 0.0909. The van der Waals surface area contributed by atoms with Crippen LogP contribution in [0.5, 0.6) is 0 Å².